The Morgan fingerprint density at radius 2 is 2.18 bits per heavy atom. The Labute approximate surface area is 102 Å². The smallest absolute Gasteiger partial charge is 0.317 e. The van der Waals surface area contributed by atoms with Crippen LogP contribution in [0.5, 0.6) is 5.75 Å². The van der Waals surface area contributed by atoms with E-state index in [0.29, 0.717) is 6.54 Å². The number of benzene rings is 1. The molecule has 0 aliphatic rings. The minimum Gasteiger partial charge on any atom is -0.497 e. The van der Waals surface area contributed by atoms with E-state index >= 15 is 0 Å². The number of rotatable bonds is 6. The molecular weight excluding hydrogens is 218 g/mol. The number of aliphatic carboxylic acids is 1. The molecule has 94 valence electrons. The Kier molecular flexibility index (Phi) is 4.97. The first-order chi connectivity index (χ1) is 8.02. The van der Waals surface area contributed by atoms with Crippen molar-refractivity contribution in [3.8, 4) is 5.75 Å². The molecule has 0 amide bonds. The molecule has 1 aromatic rings. The molecular formula is C13H19NO3. The number of carboxylic acids is 1. The van der Waals surface area contributed by atoms with Crippen molar-refractivity contribution in [2.45, 2.75) is 26.4 Å². The lowest BCUT2D eigenvalue weighted by molar-refractivity contribution is -0.138. The summed E-state index contributed by atoms with van der Waals surface area (Å²) in [6.07, 6.45) is 0. The molecule has 0 aliphatic carbocycles. The van der Waals surface area contributed by atoms with Crippen LogP contribution in [-0.2, 0) is 11.3 Å². The molecule has 1 N–H and O–H groups in total. The van der Waals surface area contributed by atoms with Crippen molar-refractivity contribution >= 4 is 5.97 Å². The van der Waals surface area contributed by atoms with Crippen molar-refractivity contribution < 1.29 is 14.6 Å². The zero-order chi connectivity index (χ0) is 12.8. The summed E-state index contributed by atoms with van der Waals surface area (Å²) in [4.78, 5) is 12.7. The van der Waals surface area contributed by atoms with E-state index in [1.165, 1.54) is 0 Å². The molecule has 0 spiro atoms. The van der Waals surface area contributed by atoms with Gasteiger partial charge in [-0.05, 0) is 31.5 Å². The zero-order valence-corrected chi connectivity index (χ0v) is 10.5. The normalized spacial score (nSPS) is 10.9. The van der Waals surface area contributed by atoms with Gasteiger partial charge in [0, 0.05) is 12.6 Å². The number of methoxy groups -OCH3 is 1. The third-order valence-corrected chi connectivity index (χ3v) is 2.59. The number of carboxylic acid groups (broad SMARTS) is 1. The van der Waals surface area contributed by atoms with Crippen LogP contribution < -0.4 is 4.74 Å². The quantitative estimate of drug-likeness (QED) is 0.822. The number of hydrogen-bond donors (Lipinski definition) is 1. The second-order valence-electron chi connectivity index (χ2n) is 4.24. The fourth-order valence-electron chi connectivity index (χ4n) is 1.60. The summed E-state index contributed by atoms with van der Waals surface area (Å²) in [5, 5.41) is 8.85. The highest BCUT2D eigenvalue weighted by Crippen LogP contribution is 2.15. The number of carbonyl (C=O) groups is 1. The minimum atomic E-state index is -0.804. The van der Waals surface area contributed by atoms with Crippen molar-refractivity contribution in [3.05, 3.63) is 29.8 Å². The summed E-state index contributed by atoms with van der Waals surface area (Å²) in [5.74, 6) is -0.0110. The second-order valence-corrected chi connectivity index (χ2v) is 4.24. The molecule has 0 atom stereocenters. The van der Waals surface area contributed by atoms with Gasteiger partial charge >= 0.3 is 5.97 Å². The Balaban J connectivity index is 2.74. The van der Waals surface area contributed by atoms with Crippen LogP contribution in [0.15, 0.2) is 24.3 Å². The fraction of sp³-hybridized carbons (Fsp3) is 0.462. The van der Waals surface area contributed by atoms with Gasteiger partial charge < -0.3 is 9.84 Å². The average Bonchev–Trinajstić information content (AvgIpc) is 2.27. The lowest BCUT2D eigenvalue weighted by Gasteiger charge is -2.24. The first-order valence-electron chi connectivity index (χ1n) is 5.61. The molecule has 17 heavy (non-hydrogen) atoms. The SMILES string of the molecule is COc1cccc(CN(CC(=O)O)C(C)C)c1. The number of nitrogens with zero attached hydrogens (tertiary/aromatic N) is 1. The monoisotopic (exact) mass is 237 g/mol. The lowest BCUT2D eigenvalue weighted by atomic mass is 10.2. The topological polar surface area (TPSA) is 49.8 Å². The first kappa shape index (κ1) is 13.5. The summed E-state index contributed by atoms with van der Waals surface area (Å²) in [5.41, 5.74) is 1.05. The average molecular weight is 237 g/mol. The van der Waals surface area contributed by atoms with Gasteiger partial charge in [-0.15, -0.1) is 0 Å². The predicted molar refractivity (Wildman–Crippen MR) is 66.2 cm³/mol. The Morgan fingerprint density at radius 3 is 2.71 bits per heavy atom. The van der Waals surface area contributed by atoms with Gasteiger partial charge in [-0.1, -0.05) is 12.1 Å². The second kappa shape index (κ2) is 6.25. The molecule has 4 heteroatoms. The highest BCUT2D eigenvalue weighted by atomic mass is 16.5. The number of hydrogen-bond acceptors (Lipinski definition) is 3. The predicted octanol–water partition coefficient (Wildman–Crippen LogP) is 1.99. The molecule has 0 saturated carbocycles. The fourth-order valence-corrected chi connectivity index (χ4v) is 1.60. The molecule has 1 rings (SSSR count). The summed E-state index contributed by atoms with van der Waals surface area (Å²) in [6.45, 7) is 4.64. The third-order valence-electron chi connectivity index (χ3n) is 2.59. The van der Waals surface area contributed by atoms with Gasteiger partial charge in [0.25, 0.3) is 0 Å². The maximum Gasteiger partial charge on any atom is 0.317 e. The summed E-state index contributed by atoms with van der Waals surface area (Å²) >= 11 is 0. The van der Waals surface area contributed by atoms with Gasteiger partial charge in [0.15, 0.2) is 0 Å². The van der Waals surface area contributed by atoms with Crippen LogP contribution in [0.2, 0.25) is 0 Å². The van der Waals surface area contributed by atoms with E-state index in [2.05, 4.69) is 0 Å². The van der Waals surface area contributed by atoms with E-state index in [4.69, 9.17) is 9.84 Å². The van der Waals surface area contributed by atoms with Gasteiger partial charge in [-0.3, -0.25) is 9.69 Å². The van der Waals surface area contributed by atoms with E-state index in [9.17, 15) is 4.79 Å². The Hall–Kier alpha value is -1.55. The van der Waals surface area contributed by atoms with Gasteiger partial charge in [-0.25, -0.2) is 0 Å². The highest BCUT2D eigenvalue weighted by Gasteiger charge is 2.13. The minimum absolute atomic E-state index is 0.0505. The van der Waals surface area contributed by atoms with Crippen molar-refractivity contribution in [2.24, 2.45) is 0 Å². The van der Waals surface area contributed by atoms with Crippen LogP contribution in [-0.4, -0.2) is 35.7 Å². The molecule has 0 unspecified atom stereocenters. The maximum atomic E-state index is 10.8. The molecule has 4 nitrogen and oxygen atoms in total. The van der Waals surface area contributed by atoms with Crippen molar-refractivity contribution in [1.82, 2.24) is 4.90 Å². The van der Waals surface area contributed by atoms with Crippen molar-refractivity contribution in [1.29, 1.82) is 0 Å². The molecule has 1 aromatic carbocycles. The summed E-state index contributed by atoms with van der Waals surface area (Å²) in [7, 11) is 1.62. The molecule has 0 heterocycles. The van der Waals surface area contributed by atoms with Crippen LogP contribution in [0.25, 0.3) is 0 Å². The largest absolute Gasteiger partial charge is 0.497 e. The van der Waals surface area contributed by atoms with E-state index in [0.717, 1.165) is 11.3 Å². The molecule has 0 saturated heterocycles. The Morgan fingerprint density at radius 1 is 1.47 bits per heavy atom. The summed E-state index contributed by atoms with van der Waals surface area (Å²) < 4.78 is 5.14. The molecule has 0 aromatic heterocycles. The third kappa shape index (κ3) is 4.44. The van der Waals surface area contributed by atoms with Crippen molar-refractivity contribution in [2.75, 3.05) is 13.7 Å². The Bertz CT molecular complexity index is 377. The highest BCUT2D eigenvalue weighted by molar-refractivity contribution is 5.69. The lowest BCUT2D eigenvalue weighted by Crippen LogP contribution is -2.35. The maximum absolute atomic E-state index is 10.8. The van der Waals surface area contributed by atoms with Crippen LogP contribution in [0.1, 0.15) is 19.4 Å². The van der Waals surface area contributed by atoms with E-state index in [1.807, 2.05) is 43.0 Å². The standard InChI is InChI=1S/C13H19NO3/c1-10(2)14(9-13(15)16)8-11-5-4-6-12(7-11)17-3/h4-7,10H,8-9H2,1-3H3,(H,15,16). The van der Waals surface area contributed by atoms with E-state index < -0.39 is 5.97 Å². The van der Waals surface area contributed by atoms with Gasteiger partial charge in [0.2, 0.25) is 0 Å². The zero-order valence-electron chi connectivity index (χ0n) is 10.5. The van der Waals surface area contributed by atoms with Crippen LogP contribution in [0.4, 0.5) is 0 Å². The molecule has 0 fully saturated rings. The van der Waals surface area contributed by atoms with Gasteiger partial charge in [0.05, 0.1) is 13.7 Å². The van der Waals surface area contributed by atoms with Crippen LogP contribution in [0.3, 0.4) is 0 Å². The summed E-state index contributed by atoms with van der Waals surface area (Å²) in [6, 6.07) is 7.88. The van der Waals surface area contributed by atoms with Crippen molar-refractivity contribution in [3.63, 3.8) is 0 Å². The molecule has 0 radical (unpaired) electrons. The van der Waals surface area contributed by atoms with E-state index in [-0.39, 0.29) is 12.6 Å². The first-order valence-corrected chi connectivity index (χ1v) is 5.61. The van der Waals surface area contributed by atoms with Gasteiger partial charge in [-0.2, -0.15) is 0 Å². The number of ether oxygens (including phenoxy) is 1. The molecule has 0 aliphatic heterocycles. The van der Waals surface area contributed by atoms with Gasteiger partial charge in [0.1, 0.15) is 5.75 Å². The molecule has 0 bridgehead atoms. The van der Waals surface area contributed by atoms with E-state index in [1.54, 1.807) is 7.11 Å². The van der Waals surface area contributed by atoms with Crippen LogP contribution in [0, 0.1) is 0 Å². The van der Waals surface area contributed by atoms with Crippen LogP contribution >= 0.6 is 0 Å².